The van der Waals surface area contributed by atoms with Gasteiger partial charge in [-0.25, -0.2) is 9.78 Å². The van der Waals surface area contributed by atoms with Crippen LogP contribution in [0.3, 0.4) is 0 Å². The van der Waals surface area contributed by atoms with Gasteiger partial charge in [0.15, 0.2) is 5.82 Å². The molecule has 0 saturated carbocycles. The van der Waals surface area contributed by atoms with Crippen molar-refractivity contribution in [2.24, 2.45) is 5.73 Å². The van der Waals surface area contributed by atoms with Crippen molar-refractivity contribution in [1.29, 1.82) is 0 Å². The molecular weight excluding hydrogens is 430 g/mol. The molecule has 4 rings (SSSR count). The van der Waals surface area contributed by atoms with Crippen LogP contribution in [-0.4, -0.2) is 22.0 Å². The molecule has 0 aliphatic rings. The number of pyridine rings is 2. The molecule has 0 bridgehead atoms. The van der Waals surface area contributed by atoms with E-state index in [4.69, 9.17) is 16.2 Å². The Hall–Kier alpha value is -4.72. The minimum Gasteiger partial charge on any atom is -0.441 e. The summed E-state index contributed by atoms with van der Waals surface area (Å²) in [5.41, 5.74) is 15.2. The SMILES string of the molecule is NC(=O)OC(Cc1cccnc1)c1ccc(C(=O)Nc2nc(-c3ccccc3)ccc2N)cc1. The average molecular weight is 454 g/mol. The Morgan fingerprint density at radius 2 is 1.71 bits per heavy atom. The van der Waals surface area contributed by atoms with Crippen LogP contribution in [0.5, 0.6) is 0 Å². The molecule has 0 radical (unpaired) electrons. The summed E-state index contributed by atoms with van der Waals surface area (Å²) in [7, 11) is 0. The van der Waals surface area contributed by atoms with Crippen LogP contribution >= 0.6 is 0 Å². The van der Waals surface area contributed by atoms with Gasteiger partial charge < -0.3 is 21.5 Å². The van der Waals surface area contributed by atoms with Crippen molar-refractivity contribution < 1.29 is 14.3 Å². The number of hydrogen-bond acceptors (Lipinski definition) is 6. The molecule has 2 heterocycles. The summed E-state index contributed by atoms with van der Waals surface area (Å²) in [4.78, 5) is 32.8. The second-order valence-electron chi connectivity index (χ2n) is 7.57. The fourth-order valence-electron chi connectivity index (χ4n) is 3.47. The molecule has 8 heteroatoms. The van der Waals surface area contributed by atoms with Crippen LogP contribution in [0.4, 0.5) is 16.3 Å². The van der Waals surface area contributed by atoms with Crippen LogP contribution in [0.15, 0.2) is 91.3 Å². The number of nitrogen functional groups attached to an aromatic ring is 1. The molecule has 1 unspecified atom stereocenters. The molecule has 0 saturated heterocycles. The van der Waals surface area contributed by atoms with Gasteiger partial charge in [-0.1, -0.05) is 48.5 Å². The van der Waals surface area contributed by atoms with Crippen LogP contribution in [0, 0.1) is 0 Å². The molecule has 1 atom stereocenters. The zero-order valence-electron chi connectivity index (χ0n) is 18.2. The minimum absolute atomic E-state index is 0.280. The van der Waals surface area contributed by atoms with Gasteiger partial charge in [-0.05, 0) is 41.5 Å². The highest BCUT2D eigenvalue weighted by Crippen LogP contribution is 2.25. The standard InChI is InChI=1S/C26H23N5O3/c27-21-12-13-22(18-6-2-1-3-7-18)30-24(21)31-25(32)20-10-8-19(9-11-20)23(34-26(28)33)15-17-5-4-14-29-16-17/h1-14,16,23H,15,27H2,(H2,28,33)(H,30,31,32). The molecule has 2 amide bonds. The van der Waals surface area contributed by atoms with E-state index in [1.165, 1.54) is 0 Å². The second-order valence-corrected chi connectivity index (χ2v) is 7.57. The maximum absolute atomic E-state index is 12.8. The lowest BCUT2D eigenvalue weighted by Gasteiger charge is -2.17. The van der Waals surface area contributed by atoms with E-state index >= 15 is 0 Å². The third-order valence-electron chi connectivity index (χ3n) is 5.17. The highest BCUT2D eigenvalue weighted by Gasteiger charge is 2.18. The quantitative estimate of drug-likeness (QED) is 0.381. The van der Waals surface area contributed by atoms with E-state index in [0.717, 1.165) is 11.1 Å². The summed E-state index contributed by atoms with van der Waals surface area (Å²) >= 11 is 0. The first-order valence-electron chi connectivity index (χ1n) is 10.6. The predicted octanol–water partition coefficient (Wildman–Crippen LogP) is 4.36. The third kappa shape index (κ3) is 5.55. The number of hydrogen-bond donors (Lipinski definition) is 3. The maximum atomic E-state index is 12.8. The van der Waals surface area contributed by atoms with Crippen molar-refractivity contribution in [3.63, 3.8) is 0 Å². The van der Waals surface area contributed by atoms with Crippen molar-refractivity contribution >= 4 is 23.5 Å². The van der Waals surface area contributed by atoms with Crippen molar-refractivity contribution in [3.05, 3.63) is 108 Å². The lowest BCUT2D eigenvalue weighted by Crippen LogP contribution is -2.19. The van der Waals surface area contributed by atoms with Crippen LogP contribution in [-0.2, 0) is 11.2 Å². The Balaban J connectivity index is 1.51. The molecule has 170 valence electrons. The van der Waals surface area contributed by atoms with Crippen LogP contribution in [0.25, 0.3) is 11.3 Å². The molecule has 0 spiro atoms. The Morgan fingerprint density at radius 1 is 0.941 bits per heavy atom. The fourth-order valence-corrected chi connectivity index (χ4v) is 3.47. The van der Waals surface area contributed by atoms with Crippen molar-refractivity contribution in [2.45, 2.75) is 12.5 Å². The number of nitrogens with one attached hydrogen (secondary N) is 1. The van der Waals surface area contributed by atoms with Crippen molar-refractivity contribution in [3.8, 4) is 11.3 Å². The Labute approximate surface area is 196 Å². The van der Waals surface area contributed by atoms with E-state index in [0.29, 0.717) is 28.9 Å². The summed E-state index contributed by atoms with van der Waals surface area (Å²) in [5.74, 6) is -0.0856. The van der Waals surface area contributed by atoms with Gasteiger partial charge in [-0.15, -0.1) is 0 Å². The maximum Gasteiger partial charge on any atom is 0.405 e. The summed E-state index contributed by atoms with van der Waals surface area (Å²) in [6.45, 7) is 0. The molecule has 34 heavy (non-hydrogen) atoms. The lowest BCUT2D eigenvalue weighted by atomic mass is 10.0. The van der Waals surface area contributed by atoms with Crippen LogP contribution < -0.4 is 16.8 Å². The van der Waals surface area contributed by atoms with Gasteiger partial charge in [-0.3, -0.25) is 9.78 Å². The summed E-state index contributed by atoms with van der Waals surface area (Å²) in [6.07, 6.45) is 2.27. The number of nitrogens with two attached hydrogens (primary N) is 2. The van der Waals surface area contributed by atoms with E-state index in [-0.39, 0.29) is 11.7 Å². The normalized spacial score (nSPS) is 11.4. The number of aromatic nitrogens is 2. The van der Waals surface area contributed by atoms with Gasteiger partial charge in [0.25, 0.3) is 5.91 Å². The number of carbonyl (C=O) groups is 2. The highest BCUT2D eigenvalue weighted by atomic mass is 16.6. The molecule has 2 aromatic carbocycles. The van der Waals surface area contributed by atoms with Gasteiger partial charge in [0, 0.05) is 29.9 Å². The topological polar surface area (TPSA) is 133 Å². The molecule has 5 N–H and O–H groups in total. The first-order valence-corrected chi connectivity index (χ1v) is 10.6. The van der Waals surface area contributed by atoms with E-state index < -0.39 is 12.2 Å². The molecule has 8 nitrogen and oxygen atoms in total. The Kier molecular flexibility index (Phi) is 6.78. The number of carbonyl (C=O) groups excluding carboxylic acids is 2. The number of nitrogens with zero attached hydrogens (tertiary/aromatic N) is 2. The van der Waals surface area contributed by atoms with Gasteiger partial charge in [0.05, 0.1) is 11.4 Å². The van der Waals surface area contributed by atoms with Crippen molar-refractivity contribution in [1.82, 2.24) is 9.97 Å². The lowest BCUT2D eigenvalue weighted by molar-refractivity contribution is 0.102. The Bertz CT molecular complexity index is 1280. The molecule has 2 aromatic heterocycles. The van der Waals surface area contributed by atoms with Gasteiger partial charge >= 0.3 is 6.09 Å². The molecule has 4 aromatic rings. The van der Waals surface area contributed by atoms with E-state index in [1.54, 1.807) is 54.9 Å². The Morgan fingerprint density at radius 3 is 2.38 bits per heavy atom. The number of ether oxygens (including phenoxy) is 1. The number of benzene rings is 2. The average Bonchev–Trinajstić information content (AvgIpc) is 2.86. The number of rotatable bonds is 7. The van der Waals surface area contributed by atoms with Gasteiger partial charge in [0.1, 0.15) is 6.10 Å². The zero-order valence-corrected chi connectivity index (χ0v) is 18.2. The van der Waals surface area contributed by atoms with E-state index in [2.05, 4.69) is 15.3 Å². The predicted molar refractivity (Wildman–Crippen MR) is 130 cm³/mol. The monoisotopic (exact) mass is 453 g/mol. The number of anilines is 2. The summed E-state index contributed by atoms with van der Waals surface area (Å²) in [6, 6.07) is 23.5. The summed E-state index contributed by atoms with van der Waals surface area (Å²) < 4.78 is 5.29. The number of amides is 2. The van der Waals surface area contributed by atoms with Crippen LogP contribution in [0.1, 0.15) is 27.6 Å². The fraction of sp³-hybridized carbons (Fsp3) is 0.0769. The van der Waals surface area contributed by atoms with Crippen LogP contribution in [0.2, 0.25) is 0 Å². The van der Waals surface area contributed by atoms with Gasteiger partial charge in [-0.2, -0.15) is 0 Å². The highest BCUT2D eigenvalue weighted by molar-refractivity contribution is 6.05. The minimum atomic E-state index is -0.879. The van der Waals surface area contributed by atoms with E-state index in [9.17, 15) is 9.59 Å². The van der Waals surface area contributed by atoms with Crippen molar-refractivity contribution in [2.75, 3.05) is 11.1 Å². The molecule has 0 aliphatic heterocycles. The van der Waals surface area contributed by atoms with Gasteiger partial charge in [0.2, 0.25) is 0 Å². The largest absolute Gasteiger partial charge is 0.441 e. The number of primary amides is 1. The second kappa shape index (κ2) is 10.3. The first-order chi connectivity index (χ1) is 16.5. The summed E-state index contributed by atoms with van der Waals surface area (Å²) in [5, 5.41) is 2.77. The zero-order chi connectivity index (χ0) is 23.9. The van der Waals surface area contributed by atoms with E-state index in [1.807, 2.05) is 36.4 Å². The molecule has 0 aliphatic carbocycles. The third-order valence-corrected chi connectivity index (χ3v) is 5.17. The molecule has 0 fully saturated rings. The first kappa shape index (κ1) is 22.5. The molecular formula is C26H23N5O3. The smallest absolute Gasteiger partial charge is 0.405 e.